The third-order valence-electron chi connectivity index (χ3n) is 14.8. The van der Waals surface area contributed by atoms with Crippen molar-refractivity contribution in [2.45, 2.75) is 82.8 Å². The summed E-state index contributed by atoms with van der Waals surface area (Å²) in [5.74, 6) is 8.60. The van der Waals surface area contributed by atoms with E-state index in [1.54, 1.807) is 16.9 Å². The van der Waals surface area contributed by atoms with Crippen molar-refractivity contribution in [3.8, 4) is 34.5 Å². The molecular weight excluding hydrogens is 982 g/mol. The van der Waals surface area contributed by atoms with Gasteiger partial charge < -0.3 is 29.7 Å². The SMILES string of the molecule is COc1ccc(C2=N[C@H](c3ccc(Cl)cc3)[C@H](c3ccc(Cl)cc3)N2C(=O)N2CCN(CCCCCC#Cc3cccc(-c4ccc5c(c4)[C@H]4[C@H](CCN4Cc4ccncc4)[C@@H](CO)N5)c3)C(=O)C2)c(OC(C)C)c1. The van der Waals surface area contributed by atoms with Crippen molar-refractivity contribution in [2.24, 2.45) is 10.9 Å². The lowest BCUT2D eigenvalue weighted by Crippen LogP contribution is -2.56. The maximum atomic E-state index is 15.2. The number of aliphatic imine (C=N–C) groups is 1. The van der Waals surface area contributed by atoms with E-state index in [0.717, 1.165) is 78.7 Å². The van der Waals surface area contributed by atoms with Crippen LogP contribution in [0.4, 0.5) is 10.5 Å². The third-order valence-corrected chi connectivity index (χ3v) is 15.3. The van der Waals surface area contributed by atoms with Crippen molar-refractivity contribution in [2.75, 3.05) is 51.8 Å². The van der Waals surface area contributed by atoms with E-state index in [1.165, 1.54) is 11.1 Å². The predicted octanol–water partition coefficient (Wildman–Crippen LogP) is 11.6. The molecule has 2 N–H and O–H groups in total. The monoisotopic (exact) mass is 1040 g/mol. The van der Waals surface area contributed by atoms with Gasteiger partial charge in [0.05, 0.1) is 37.5 Å². The number of ether oxygens (including phenoxy) is 2. The number of anilines is 1. The Bertz CT molecular complexity index is 3090. The molecule has 75 heavy (non-hydrogen) atoms. The first kappa shape index (κ1) is 51.6. The number of hydrogen-bond donors (Lipinski definition) is 2. The second-order valence-corrected chi connectivity index (χ2v) is 21.0. The number of benzene rings is 5. The average Bonchev–Trinajstić information content (AvgIpc) is 4.04. The summed E-state index contributed by atoms with van der Waals surface area (Å²) in [7, 11) is 1.60. The second-order valence-electron chi connectivity index (χ2n) is 20.1. The van der Waals surface area contributed by atoms with Gasteiger partial charge in [-0.15, -0.1) is 0 Å². The van der Waals surface area contributed by atoms with Gasteiger partial charge in [-0.1, -0.05) is 83.9 Å². The number of amidine groups is 1. The van der Waals surface area contributed by atoms with Gasteiger partial charge in [0.1, 0.15) is 29.9 Å². The molecule has 0 radical (unpaired) electrons. The van der Waals surface area contributed by atoms with E-state index in [2.05, 4.69) is 81.6 Å². The van der Waals surface area contributed by atoms with Crippen molar-refractivity contribution in [3.63, 3.8) is 0 Å². The van der Waals surface area contributed by atoms with Gasteiger partial charge in [-0.3, -0.25) is 24.6 Å². The molecule has 3 amide bonds. The molecule has 14 heteroatoms. The summed E-state index contributed by atoms with van der Waals surface area (Å²) in [6, 6.07) is 38.6. The Morgan fingerprint density at radius 2 is 1.60 bits per heavy atom. The highest BCUT2D eigenvalue weighted by Crippen LogP contribution is 2.49. The molecule has 12 nitrogen and oxygen atoms in total. The number of aromatic nitrogens is 1. The first-order chi connectivity index (χ1) is 36.5. The van der Waals surface area contributed by atoms with Crippen LogP contribution in [0.5, 0.6) is 11.5 Å². The summed E-state index contributed by atoms with van der Waals surface area (Å²) < 4.78 is 11.9. The Balaban J connectivity index is 0.774. The summed E-state index contributed by atoms with van der Waals surface area (Å²) in [4.78, 5) is 46.4. The maximum Gasteiger partial charge on any atom is 0.326 e. The molecule has 0 aliphatic carbocycles. The quantitative estimate of drug-likeness (QED) is 0.0770. The number of pyridine rings is 1. The molecule has 2 saturated heterocycles. The van der Waals surface area contributed by atoms with Gasteiger partial charge in [-0.05, 0) is 146 Å². The fraction of sp³-hybridized carbons (Fsp3) is 0.344. The minimum Gasteiger partial charge on any atom is -0.497 e. The summed E-state index contributed by atoms with van der Waals surface area (Å²) >= 11 is 12.8. The third kappa shape index (κ3) is 11.5. The molecule has 0 saturated carbocycles. The molecule has 4 aliphatic rings. The van der Waals surface area contributed by atoms with E-state index in [-0.39, 0.29) is 43.3 Å². The molecule has 10 rings (SSSR count). The number of hydrogen-bond acceptors (Lipinski definition) is 9. The van der Waals surface area contributed by atoms with Crippen LogP contribution in [0.3, 0.4) is 0 Å². The van der Waals surface area contributed by atoms with E-state index < -0.39 is 12.1 Å². The molecule has 5 heterocycles. The number of aliphatic hydroxyl groups excluding tert-OH is 1. The normalized spacial score (nSPS) is 20.3. The second kappa shape index (κ2) is 23.3. The number of carbonyl (C=O) groups excluding carboxylic acids is 2. The number of halogens is 2. The molecule has 1 aromatic heterocycles. The number of methoxy groups -OCH3 is 1. The first-order valence-electron chi connectivity index (χ1n) is 26.1. The number of unbranched alkanes of at least 4 members (excludes halogenated alkanes) is 3. The van der Waals surface area contributed by atoms with Crippen LogP contribution in [0.2, 0.25) is 10.0 Å². The van der Waals surface area contributed by atoms with Crippen LogP contribution in [-0.4, -0.2) is 106 Å². The largest absolute Gasteiger partial charge is 0.497 e. The number of aliphatic hydroxyl groups is 1. The van der Waals surface area contributed by atoms with E-state index in [9.17, 15) is 9.90 Å². The Kier molecular flexibility index (Phi) is 16.1. The zero-order valence-electron chi connectivity index (χ0n) is 42.7. The zero-order chi connectivity index (χ0) is 52.0. The number of fused-ring (bicyclic) bond motifs is 3. The Morgan fingerprint density at radius 3 is 2.33 bits per heavy atom. The minimum absolute atomic E-state index is 0.0225. The molecular formula is C61H63Cl2N7O5. The zero-order valence-corrected chi connectivity index (χ0v) is 44.2. The molecule has 6 aromatic rings. The lowest BCUT2D eigenvalue weighted by Gasteiger charge is -2.39. The van der Waals surface area contributed by atoms with Crippen LogP contribution in [0.25, 0.3) is 11.1 Å². The summed E-state index contributed by atoms with van der Waals surface area (Å²) in [6.07, 6.45) is 7.98. The number of nitrogens with zero attached hydrogens (tertiary/aromatic N) is 6. The predicted molar refractivity (Wildman–Crippen MR) is 296 cm³/mol. The fourth-order valence-electron chi connectivity index (χ4n) is 11.2. The molecule has 2 fully saturated rings. The van der Waals surface area contributed by atoms with Crippen LogP contribution >= 0.6 is 23.2 Å². The number of carbonyl (C=O) groups is 2. The summed E-state index contributed by atoms with van der Waals surface area (Å²) in [5.41, 5.74) is 9.19. The van der Waals surface area contributed by atoms with Crippen LogP contribution in [0, 0.1) is 17.8 Å². The van der Waals surface area contributed by atoms with Gasteiger partial charge in [0.15, 0.2) is 0 Å². The molecule has 386 valence electrons. The molecule has 5 aromatic carbocycles. The molecule has 0 spiro atoms. The number of urea groups is 1. The van der Waals surface area contributed by atoms with Crippen molar-refractivity contribution in [1.29, 1.82) is 0 Å². The smallest absolute Gasteiger partial charge is 0.326 e. The maximum absolute atomic E-state index is 15.2. The molecule has 5 atom stereocenters. The fourth-order valence-corrected chi connectivity index (χ4v) is 11.4. The number of likely N-dealkylation sites (tertiary alicyclic amines) is 1. The van der Waals surface area contributed by atoms with Crippen LogP contribution in [0.15, 0.2) is 139 Å². The van der Waals surface area contributed by atoms with Gasteiger partial charge in [0.2, 0.25) is 5.91 Å². The van der Waals surface area contributed by atoms with E-state index in [0.29, 0.717) is 58.5 Å². The van der Waals surface area contributed by atoms with E-state index in [1.807, 2.05) is 97.9 Å². The lowest BCUT2D eigenvalue weighted by atomic mass is 9.82. The van der Waals surface area contributed by atoms with Crippen LogP contribution in [-0.2, 0) is 11.3 Å². The molecule has 4 aliphatic heterocycles. The minimum atomic E-state index is -0.579. The summed E-state index contributed by atoms with van der Waals surface area (Å²) in [5, 5.41) is 15.2. The standard InChI is InChI=1S/C61H63Cl2N7O5/c1-40(2)75-55-36-49(74-3)22-23-51(55)60-66-57(43-13-18-47(62)19-14-43)58(44-15-20-48(63)21-16-44)70(60)61(73)69-33-32-67(56(72)38-69)30-8-6-4-5-7-10-41-11-9-12-45(34-41)46-17-24-53-52(35-46)59-50(54(39-71)65-53)27-31-68(59)37-42-25-28-64-29-26-42/h9,11-26,28-29,34-36,40,50,54,57-59,65,71H,4-6,8,27,30-33,37-39H2,1-3H3/t50-,54-,57-,58+,59-/m1/s1. The van der Waals surface area contributed by atoms with Gasteiger partial charge >= 0.3 is 6.03 Å². The highest BCUT2D eigenvalue weighted by Gasteiger charge is 2.46. The Morgan fingerprint density at radius 1 is 0.840 bits per heavy atom. The highest BCUT2D eigenvalue weighted by molar-refractivity contribution is 6.30. The Hall–Kier alpha value is -6.88. The number of amides is 3. The van der Waals surface area contributed by atoms with Crippen molar-refractivity contribution >= 4 is 46.7 Å². The highest BCUT2D eigenvalue weighted by atomic mass is 35.5. The number of piperazine rings is 1. The first-order valence-corrected chi connectivity index (χ1v) is 26.8. The van der Waals surface area contributed by atoms with Crippen LogP contribution < -0.4 is 14.8 Å². The van der Waals surface area contributed by atoms with Gasteiger partial charge in [0.25, 0.3) is 0 Å². The van der Waals surface area contributed by atoms with Crippen molar-refractivity contribution < 1.29 is 24.2 Å². The average molecular weight is 1050 g/mol. The van der Waals surface area contributed by atoms with E-state index in [4.69, 9.17) is 37.7 Å². The molecule has 0 bridgehead atoms. The van der Waals surface area contributed by atoms with Crippen molar-refractivity contribution in [3.05, 3.63) is 177 Å². The lowest BCUT2D eigenvalue weighted by molar-refractivity contribution is -0.135. The van der Waals surface area contributed by atoms with Gasteiger partial charge in [-0.2, -0.15) is 0 Å². The summed E-state index contributed by atoms with van der Waals surface area (Å²) in [6.45, 7) is 7.17. The van der Waals surface area contributed by atoms with Crippen LogP contribution in [0.1, 0.15) is 97.5 Å². The van der Waals surface area contributed by atoms with Gasteiger partial charge in [0, 0.05) is 84.3 Å². The molecule has 0 unspecified atom stereocenters. The number of nitrogens with one attached hydrogen (secondary N) is 1. The van der Waals surface area contributed by atoms with Gasteiger partial charge in [-0.25, -0.2) is 4.79 Å². The Labute approximate surface area is 450 Å². The topological polar surface area (TPSA) is 123 Å². The van der Waals surface area contributed by atoms with E-state index >= 15 is 4.79 Å². The van der Waals surface area contributed by atoms with Crippen molar-refractivity contribution in [1.82, 2.24) is 24.6 Å². The number of rotatable bonds is 15.